The van der Waals surface area contributed by atoms with Crippen LogP contribution in [0, 0.1) is 13.8 Å². The molecule has 126 valence electrons. The van der Waals surface area contributed by atoms with Crippen molar-refractivity contribution < 1.29 is 14.7 Å². The first-order valence-electron chi connectivity index (χ1n) is 7.60. The molecule has 0 spiro atoms. The molecule has 1 amide bonds. The van der Waals surface area contributed by atoms with Gasteiger partial charge in [-0.15, -0.1) is 0 Å². The van der Waals surface area contributed by atoms with E-state index in [4.69, 9.17) is 5.73 Å². The normalized spacial score (nSPS) is 13.7. The summed E-state index contributed by atoms with van der Waals surface area (Å²) in [7, 11) is 1.74. The number of nitrogens with two attached hydrogens (primary N) is 1. The number of carboxylic acid groups (broad SMARTS) is 1. The van der Waals surface area contributed by atoms with Crippen molar-refractivity contribution in [2.75, 3.05) is 11.4 Å². The largest absolute Gasteiger partial charge is 0.476 e. The number of aromatic nitrogens is 3. The van der Waals surface area contributed by atoms with E-state index < -0.39 is 11.9 Å². The number of anilines is 1. The number of hydrogen-bond acceptors (Lipinski definition) is 5. The summed E-state index contributed by atoms with van der Waals surface area (Å²) < 4.78 is 1.61. The Morgan fingerprint density at radius 3 is 2.67 bits per heavy atom. The molecule has 0 aliphatic carbocycles. The van der Waals surface area contributed by atoms with Gasteiger partial charge in [0.15, 0.2) is 5.69 Å². The minimum Gasteiger partial charge on any atom is -0.476 e. The van der Waals surface area contributed by atoms with Crippen LogP contribution in [-0.4, -0.2) is 38.3 Å². The average molecular weight is 329 g/mol. The first-order valence-corrected chi connectivity index (χ1v) is 7.60. The average Bonchev–Trinajstić information content (AvgIpc) is 2.86. The second-order valence-electron chi connectivity index (χ2n) is 6.00. The molecule has 2 aromatic heterocycles. The van der Waals surface area contributed by atoms with E-state index in [0.29, 0.717) is 36.5 Å². The van der Waals surface area contributed by atoms with E-state index in [9.17, 15) is 14.7 Å². The molecule has 1 aliphatic rings. The summed E-state index contributed by atoms with van der Waals surface area (Å²) in [6, 6.07) is 1.73. The Morgan fingerprint density at radius 2 is 2.04 bits per heavy atom. The Morgan fingerprint density at radius 1 is 1.33 bits per heavy atom. The molecule has 8 nitrogen and oxygen atoms in total. The fraction of sp³-hybridized carbons (Fsp3) is 0.375. The lowest BCUT2D eigenvalue weighted by molar-refractivity contribution is 0.0688. The summed E-state index contributed by atoms with van der Waals surface area (Å²) in [4.78, 5) is 29.6. The number of rotatable bonds is 3. The highest BCUT2D eigenvalue weighted by Gasteiger charge is 2.29. The zero-order valence-electron chi connectivity index (χ0n) is 13.8. The molecule has 0 bridgehead atoms. The van der Waals surface area contributed by atoms with Crippen LogP contribution in [0.5, 0.6) is 0 Å². The number of aromatic carboxylic acids is 1. The minimum atomic E-state index is -1.06. The third-order valence-electron chi connectivity index (χ3n) is 4.46. The van der Waals surface area contributed by atoms with Gasteiger partial charge in [-0.2, -0.15) is 5.10 Å². The van der Waals surface area contributed by atoms with Crippen LogP contribution in [0.3, 0.4) is 0 Å². The maximum atomic E-state index is 11.8. The van der Waals surface area contributed by atoms with Crippen molar-refractivity contribution in [3.8, 4) is 0 Å². The van der Waals surface area contributed by atoms with Crippen LogP contribution in [0.2, 0.25) is 0 Å². The molecule has 0 fully saturated rings. The first-order chi connectivity index (χ1) is 11.3. The predicted octanol–water partition coefficient (Wildman–Crippen LogP) is 0.792. The maximum absolute atomic E-state index is 11.8. The predicted molar refractivity (Wildman–Crippen MR) is 87.2 cm³/mol. The number of pyridine rings is 1. The van der Waals surface area contributed by atoms with Crippen molar-refractivity contribution in [3.63, 3.8) is 0 Å². The third kappa shape index (κ3) is 2.49. The van der Waals surface area contributed by atoms with Crippen LogP contribution in [0.25, 0.3) is 0 Å². The molecule has 0 atom stereocenters. The van der Waals surface area contributed by atoms with E-state index in [2.05, 4.69) is 10.1 Å². The summed E-state index contributed by atoms with van der Waals surface area (Å²) in [5.74, 6) is -1.11. The molecule has 1 aliphatic heterocycles. The van der Waals surface area contributed by atoms with Gasteiger partial charge >= 0.3 is 5.97 Å². The third-order valence-corrected chi connectivity index (χ3v) is 4.46. The van der Waals surface area contributed by atoms with Crippen molar-refractivity contribution in [1.82, 2.24) is 14.8 Å². The maximum Gasteiger partial charge on any atom is 0.356 e. The molecule has 24 heavy (non-hydrogen) atoms. The first kappa shape index (κ1) is 16.0. The van der Waals surface area contributed by atoms with E-state index in [1.165, 1.54) is 0 Å². The second kappa shape index (κ2) is 5.63. The van der Waals surface area contributed by atoms with Gasteiger partial charge in [0, 0.05) is 43.5 Å². The van der Waals surface area contributed by atoms with Crippen LogP contribution in [-0.2, 0) is 20.0 Å². The van der Waals surface area contributed by atoms with Crippen molar-refractivity contribution >= 4 is 17.7 Å². The van der Waals surface area contributed by atoms with Gasteiger partial charge in [-0.25, -0.2) is 9.78 Å². The Hall–Kier alpha value is -2.90. The van der Waals surface area contributed by atoms with Crippen LogP contribution < -0.4 is 10.6 Å². The lowest BCUT2D eigenvalue weighted by atomic mass is 10.0. The molecular formula is C16H19N5O3. The van der Waals surface area contributed by atoms with Gasteiger partial charge in [0.1, 0.15) is 5.82 Å². The van der Waals surface area contributed by atoms with E-state index >= 15 is 0 Å². The number of aryl methyl sites for hydroxylation is 3. The Bertz CT molecular complexity index is 856. The Labute approximate surface area is 138 Å². The molecule has 2 aromatic rings. The number of hydrogen-bond donors (Lipinski definition) is 2. The van der Waals surface area contributed by atoms with Gasteiger partial charge in [-0.3, -0.25) is 9.48 Å². The lowest BCUT2D eigenvalue weighted by Crippen LogP contribution is -2.34. The topological polar surface area (TPSA) is 114 Å². The summed E-state index contributed by atoms with van der Waals surface area (Å²) in [6.45, 7) is 4.68. The molecule has 0 radical (unpaired) electrons. The van der Waals surface area contributed by atoms with Gasteiger partial charge in [0.25, 0.3) is 5.91 Å². The van der Waals surface area contributed by atoms with Crippen molar-refractivity contribution in [3.05, 3.63) is 39.8 Å². The second-order valence-corrected chi connectivity index (χ2v) is 6.00. The van der Waals surface area contributed by atoms with Gasteiger partial charge in [-0.05, 0) is 25.5 Å². The van der Waals surface area contributed by atoms with Crippen LogP contribution in [0.4, 0.5) is 5.82 Å². The highest BCUT2D eigenvalue weighted by molar-refractivity contribution is 5.98. The number of carboxylic acids is 1. The van der Waals surface area contributed by atoms with Crippen molar-refractivity contribution in [2.24, 2.45) is 12.8 Å². The van der Waals surface area contributed by atoms with E-state index in [1.807, 2.05) is 18.7 Å². The molecule has 0 aromatic carbocycles. The SMILES string of the molecule is Cc1cc(C(N)=O)c(N2CCc3c(c(C(=O)O)nn3C)C2)nc1C. The fourth-order valence-electron chi connectivity index (χ4n) is 3.06. The summed E-state index contributed by atoms with van der Waals surface area (Å²) in [5, 5.41) is 13.4. The zero-order valence-corrected chi connectivity index (χ0v) is 13.8. The molecule has 0 saturated heterocycles. The summed E-state index contributed by atoms with van der Waals surface area (Å²) in [6.07, 6.45) is 0.624. The monoisotopic (exact) mass is 329 g/mol. The highest BCUT2D eigenvalue weighted by Crippen LogP contribution is 2.28. The highest BCUT2D eigenvalue weighted by atomic mass is 16.4. The quantitative estimate of drug-likeness (QED) is 0.860. The van der Waals surface area contributed by atoms with E-state index in [1.54, 1.807) is 17.8 Å². The number of carbonyl (C=O) groups is 2. The Balaban J connectivity index is 2.07. The molecule has 3 rings (SSSR count). The van der Waals surface area contributed by atoms with Crippen LogP contribution in [0.15, 0.2) is 6.07 Å². The van der Waals surface area contributed by atoms with Gasteiger partial charge in [0.05, 0.1) is 5.56 Å². The standard InChI is InChI=1S/C16H19N5O3/c1-8-6-10(14(17)22)15(18-9(8)2)21-5-4-12-11(7-21)13(16(23)24)19-20(12)3/h6H,4-5,7H2,1-3H3,(H2,17,22)(H,23,24). The van der Waals surface area contributed by atoms with Gasteiger partial charge in [-0.1, -0.05) is 0 Å². The molecule has 0 unspecified atom stereocenters. The van der Waals surface area contributed by atoms with E-state index in [-0.39, 0.29) is 5.69 Å². The lowest BCUT2D eigenvalue weighted by Gasteiger charge is -2.30. The Kier molecular flexibility index (Phi) is 3.75. The van der Waals surface area contributed by atoms with Crippen molar-refractivity contribution in [2.45, 2.75) is 26.8 Å². The molecule has 3 heterocycles. The minimum absolute atomic E-state index is 0.0432. The smallest absolute Gasteiger partial charge is 0.356 e. The van der Waals surface area contributed by atoms with Crippen LogP contribution in [0.1, 0.15) is 43.4 Å². The van der Waals surface area contributed by atoms with Crippen molar-refractivity contribution in [1.29, 1.82) is 0 Å². The number of primary amides is 1. The number of nitrogens with zero attached hydrogens (tertiary/aromatic N) is 4. The zero-order chi connectivity index (χ0) is 17.6. The van der Waals surface area contributed by atoms with E-state index in [0.717, 1.165) is 17.0 Å². The fourth-order valence-corrected chi connectivity index (χ4v) is 3.06. The summed E-state index contributed by atoms with van der Waals surface area (Å²) in [5.41, 5.74) is 9.15. The molecule has 8 heteroatoms. The van der Waals surface area contributed by atoms with Gasteiger partial charge in [0.2, 0.25) is 0 Å². The molecule has 3 N–H and O–H groups in total. The van der Waals surface area contributed by atoms with Crippen LogP contribution >= 0.6 is 0 Å². The molecular weight excluding hydrogens is 310 g/mol. The number of carbonyl (C=O) groups excluding carboxylic acids is 1. The van der Waals surface area contributed by atoms with Gasteiger partial charge < -0.3 is 15.7 Å². The number of fused-ring (bicyclic) bond motifs is 1. The summed E-state index contributed by atoms with van der Waals surface area (Å²) >= 11 is 0. The number of amides is 1. The molecule has 0 saturated carbocycles.